The van der Waals surface area contributed by atoms with Crippen LogP contribution in [0, 0.1) is 0 Å². The van der Waals surface area contributed by atoms with Crippen molar-refractivity contribution < 1.29 is 9.53 Å². The molecule has 2 aromatic rings. The van der Waals surface area contributed by atoms with E-state index >= 15 is 0 Å². The minimum Gasteiger partial charge on any atom is -0.489 e. The standard InChI is InChI=1S/C28H39ClN2O2/c1-2-3-4-5-6-7-8-9-10-11-12-16-28(32)31-30-22-25-14-13-15-27(21-25)33-23-24-17-19-26(29)20-18-24/h13-15,17-22H,2-12,16,23H2,1H3,(H,31,32)/b30-22-. The van der Waals surface area contributed by atoms with Gasteiger partial charge in [0.25, 0.3) is 0 Å². The maximum atomic E-state index is 12.0. The molecule has 0 aliphatic carbocycles. The molecule has 0 bridgehead atoms. The molecule has 0 heterocycles. The highest BCUT2D eigenvalue weighted by Gasteiger charge is 2.01. The van der Waals surface area contributed by atoms with Gasteiger partial charge in [-0.1, -0.05) is 107 Å². The maximum absolute atomic E-state index is 12.0. The Morgan fingerprint density at radius 2 is 1.55 bits per heavy atom. The van der Waals surface area contributed by atoms with Crippen molar-refractivity contribution in [1.82, 2.24) is 5.43 Å². The third kappa shape index (κ3) is 13.1. The quantitative estimate of drug-likeness (QED) is 0.144. The topological polar surface area (TPSA) is 50.7 Å². The lowest BCUT2D eigenvalue weighted by atomic mass is 10.1. The largest absolute Gasteiger partial charge is 0.489 e. The van der Waals surface area contributed by atoms with Crippen molar-refractivity contribution in [2.45, 2.75) is 90.6 Å². The van der Waals surface area contributed by atoms with E-state index in [0.717, 1.165) is 29.7 Å². The van der Waals surface area contributed by atoms with Gasteiger partial charge in [0.2, 0.25) is 5.91 Å². The van der Waals surface area contributed by atoms with Crippen LogP contribution in [0.4, 0.5) is 0 Å². The first kappa shape index (κ1) is 26.9. The van der Waals surface area contributed by atoms with Gasteiger partial charge in [0.1, 0.15) is 12.4 Å². The predicted molar refractivity (Wildman–Crippen MR) is 139 cm³/mol. The number of benzene rings is 2. The molecule has 4 nitrogen and oxygen atoms in total. The fourth-order valence-electron chi connectivity index (χ4n) is 3.62. The molecule has 0 saturated carbocycles. The molecule has 0 radical (unpaired) electrons. The first-order chi connectivity index (χ1) is 16.2. The number of hydrogen-bond acceptors (Lipinski definition) is 3. The molecule has 180 valence electrons. The summed E-state index contributed by atoms with van der Waals surface area (Å²) in [5, 5.41) is 4.80. The highest BCUT2D eigenvalue weighted by molar-refractivity contribution is 6.30. The fourth-order valence-corrected chi connectivity index (χ4v) is 3.74. The molecule has 2 rings (SSSR count). The van der Waals surface area contributed by atoms with Crippen molar-refractivity contribution in [3.63, 3.8) is 0 Å². The molecule has 5 heteroatoms. The lowest BCUT2D eigenvalue weighted by Gasteiger charge is -2.07. The summed E-state index contributed by atoms with van der Waals surface area (Å²) in [7, 11) is 0. The van der Waals surface area contributed by atoms with Crippen LogP contribution in [0.15, 0.2) is 53.6 Å². The van der Waals surface area contributed by atoms with Gasteiger partial charge in [-0.3, -0.25) is 4.79 Å². The van der Waals surface area contributed by atoms with Gasteiger partial charge in [-0.2, -0.15) is 5.10 Å². The second-order valence-corrected chi connectivity index (χ2v) is 9.00. The predicted octanol–water partition coefficient (Wildman–Crippen LogP) is 8.07. The molecule has 1 amide bonds. The van der Waals surface area contributed by atoms with Crippen LogP contribution in [-0.4, -0.2) is 12.1 Å². The van der Waals surface area contributed by atoms with Crippen LogP contribution in [0.25, 0.3) is 0 Å². The average molecular weight is 471 g/mol. The molecule has 0 saturated heterocycles. The smallest absolute Gasteiger partial charge is 0.240 e. The number of hydrogen-bond donors (Lipinski definition) is 1. The summed E-state index contributed by atoms with van der Waals surface area (Å²) in [4.78, 5) is 12.0. The number of rotatable bonds is 17. The molecule has 0 aliphatic rings. The van der Waals surface area contributed by atoms with Gasteiger partial charge in [-0.15, -0.1) is 0 Å². The van der Waals surface area contributed by atoms with Gasteiger partial charge < -0.3 is 4.74 Å². The van der Waals surface area contributed by atoms with E-state index in [-0.39, 0.29) is 5.91 Å². The normalized spacial score (nSPS) is 11.1. The molecule has 0 spiro atoms. The molecule has 0 atom stereocenters. The van der Waals surface area contributed by atoms with Gasteiger partial charge in [-0.25, -0.2) is 5.43 Å². The van der Waals surface area contributed by atoms with Gasteiger partial charge in [0.05, 0.1) is 6.21 Å². The molecular formula is C28H39ClN2O2. The zero-order valence-electron chi connectivity index (χ0n) is 20.0. The van der Waals surface area contributed by atoms with E-state index < -0.39 is 0 Å². The lowest BCUT2D eigenvalue weighted by Crippen LogP contribution is -2.16. The highest BCUT2D eigenvalue weighted by Crippen LogP contribution is 2.16. The van der Waals surface area contributed by atoms with E-state index in [0.29, 0.717) is 18.1 Å². The number of ether oxygens (including phenoxy) is 1. The van der Waals surface area contributed by atoms with Crippen LogP contribution in [0.5, 0.6) is 5.75 Å². The van der Waals surface area contributed by atoms with E-state index in [9.17, 15) is 4.79 Å². The molecule has 0 unspecified atom stereocenters. The number of carbonyl (C=O) groups is 1. The van der Waals surface area contributed by atoms with Crippen LogP contribution in [0.3, 0.4) is 0 Å². The van der Waals surface area contributed by atoms with Crippen molar-refractivity contribution in [3.8, 4) is 5.75 Å². The zero-order chi connectivity index (χ0) is 23.6. The van der Waals surface area contributed by atoms with Crippen LogP contribution < -0.4 is 10.2 Å². The SMILES string of the molecule is CCCCCCCCCCCCCC(=O)N/N=C\c1cccc(OCc2ccc(Cl)cc2)c1. The maximum Gasteiger partial charge on any atom is 0.240 e. The van der Waals surface area contributed by atoms with Crippen LogP contribution in [0.2, 0.25) is 5.02 Å². The minimum absolute atomic E-state index is 0.0303. The van der Waals surface area contributed by atoms with Crippen LogP contribution in [-0.2, 0) is 11.4 Å². The number of halogens is 1. The fraction of sp³-hybridized carbons (Fsp3) is 0.500. The third-order valence-electron chi connectivity index (χ3n) is 5.59. The molecule has 0 aliphatic heterocycles. The molecule has 0 fully saturated rings. The summed E-state index contributed by atoms with van der Waals surface area (Å²) < 4.78 is 5.83. The van der Waals surface area contributed by atoms with Gasteiger partial charge in [0, 0.05) is 11.4 Å². The van der Waals surface area contributed by atoms with Crippen molar-refractivity contribution in [2.24, 2.45) is 5.10 Å². The summed E-state index contributed by atoms with van der Waals surface area (Å²) >= 11 is 5.91. The zero-order valence-corrected chi connectivity index (χ0v) is 20.8. The van der Waals surface area contributed by atoms with Crippen molar-refractivity contribution in [1.29, 1.82) is 0 Å². The molecule has 1 N–H and O–H groups in total. The number of nitrogens with one attached hydrogen (secondary N) is 1. The Hall–Kier alpha value is -2.33. The number of carbonyl (C=O) groups excluding carboxylic acids is 1. The summed E-state index contributed by atoms with van der Waals surface area (Å²) in [6.07, 6.45) is 16.2. The second kappa shape index (κ2) is 17.2. The van der Waals surface area contributed by atoms with Gasteiger partial charge in [0.15, 0.2) is 0 Å². The number of unbranched alkanes of at least 4 members (excludes halogenated alkanes) is 10. The summed E-state index contributed by atoms with van der Waals surface area (Å²) in [6, 6.07) is 15.2. The lowest BCUT2D eigenvalue weighted by molar-refractivity contribution is -0.121. The van der Waals surface area contributed by atoms with E-state index in [2.05, 4.69) is 17.5 Å². The van der Waals surface area contributed by atoms with Crippen molar-refractivity contribution >= 4 is 23.7 Å². The van der Waals surface area contributed by atoms with Crippen LogP contribution in [0.1, 0.15) is 95.1 Å². The minimum atomic E-state index is -0.0303. The highest BCUT2D eigenvalue weighted by atomic mass is 35.5. The third-order valence-corrected chi connectivity index (χ3v) is 5.84. The monoisotopic (exact) mass is 470 g/mol. The first-order valence-corrected chi connectivity index (χ1v) is 12.8. The first-order valence-electron chi connectivity index (χ1n) is 12.5. The summed E-state index contributed by atoms with van der Waals surface area (Å²) in [5.41, 5.74) is 4.55. The molecule has 0 aromatic heterocycles. The Morgan fingerprint density at radius 3 is 2.21 bits per heavy atom. The molecular weight excluding hydrogens is 432 g/mol. The second-order valence-electron chi connectivity index (χ2n) is 8.57. The number of nitrogens with zero attached hydrogens (tertiary/aromatic N) is 1. The van der Waals surface area contributed by atoms with E-state index in [1.807, 2.05) is 48.5 Å². The average Bonchev–Trinajstić information content (AvgIpc) is 2.82. The molecule has 2 aromatic carbocycles. The van der Waals surface area contributed by atoms with E-state index in [1.165, 1.54) is 57.8 Å². The van der Waals surface area contributed by atoms with Crippen molar-refractivity contribution in [3.05, 3.63) is 64.7 Å². The Bertz CT molecular complexity index is 821. The van der Waals surface area contributed by atoms with Crippen LogP contribution >= 0.6 is 11.6 Å². The number of amides is 1. The van der Waals surface area contributed by atoms with Gasteiger partial charge in [-0.05, 0) is 41.8 Å². The Kier molecular flexibility index (Phi) is 14.0. The van der Waals surface area contributed by atoms with Gasteiger partial charge >= 0.3 is 0 Å². The Balaban J connectivity index is 1.54. The summed E-state index contributed by atoms with van der Waals surface area (Å²) in [6.45, 7) is 2.72. The van der Waals surface area contributed by atoms with E-state index in [4.69, 9.17) is 16.3 Å². The number of hydrazone groups is 1. The van der Waals surface area contributed by atoms with Crippen molar-refractivity contribution in [2.75, 3.05) is 0 Å². The molecule has 33 heavy (non-hydrogen) atoms. The summed E-state index contributed by atoms with van der Waals surface area (Å²) in [5.74, 6) is 0.721. The van der Waals surface area contributed by atoms with E-state index in [1.54, 1.807) is 6.21 Å². The Morgan fingerprint density at radius 1 is 0.909 bits per heavy atom. The Labute approximate surface area is 204 Å².